The number of fused-ring (bicyclic) bond motifs is 1. The molecule has 0 bridgehead atoms. The number of hydrogen-bond acceptors (Lipinski definition) is 1. The fraction of sp³-hybridized carbons (Fsp3) is 0.250. The zero-order valence-electron chi connectivity index (χ0n) is 5.93. The van der Waals surface area contributed by atoms with Crippen LogP contribution in [0.25, 0.3) is 0 Å². The third-order valence-electron chi connectivity index (χ3n) is 1.83. The van der Waals surface area contributed by atoms with Gasteiger partial charge in [-0.25, -0.2) is 0 Å². The van der Waals surface area contributed by atoms with Crippen molar-refractivity contribution in [2.75, 3.05) is 0 Å². The van der Waals surface area contributed by atoms with Gasteiger partial charge in [-0.1, -0.05) is 12.1 Å². The summed E-state index contributed by atoms with van der Waals surface area (Å²) in [6.45, 7) is 2.10. The van der Waals surface area contributed by atoms with E-state index >= 15 is 0 Å². The molecule has 0 fully saturated rings. The average molecular weight is 282 g/mol. The predicted molar refractivity (Wildman–Crippen MR) is 57.0 cm³/mol. The van der Waals surface area contributed by atoms with Crippen LogP contribution in [0.2, 0.25) is 0 Å². The lowest BCUT2D eigenvalue weighted by atomic mass is 10.1. The van der Waals surface area contributed by atoms with Crippen molar-refractivity contribution >= 4 is 35.0 Å². The third-order valence-corrected chi connectivity index (χ3v) is 2.84. The second kappa shape index (κ2) is 3.74. The number of benzene rings is 1. The van der Waals surface area contributed by atoms with Crippen molar-refractivity contribution in [3.8, 4) is 0 Å². The highest BCUT2D eigenvalue weighted by Gasteiger charge is 2.10. The maximum Gasteiger partial charge on any atom is 0.0222 e. The Morgan fingerprint density at radius 2 is 2.09 bits per heavy atom. The van der Waals surface area contributed by atoms with Gasteiger partial charge in [0, 0.05) is 16.7 Å². The molecule has 11 heavy (non-hydrogen) atoms. The molecule has 0 saturated heterocycles. The van der Waals surface area contributed by atoms with Crippen LogP contribution >= 0.6 is 35.0 Å². The summed E-state index contributed by atoms with van der Waals surface area (Å²) in [6, 6.07) is 6.47. The van der Waals surface area contributed by atoms with Crippen LogP contribution in [0.4, 0.5) is 0 Å². The van der Waals surface area contributed by atoms with Crippen molar-refractivity contribution in [1.82, 2.24) is 5.32 Å². The second-order valence-corrected chi connectivity index (χ2v) is 3.64. The van der Waals surface area contributed by atoms with Gasteiger partial charge in [0.2, 0.25) is 0 Å². The molecular weight excluding hydrogens is 272 g/mol. The zero-order chi connectivity index (χ0) is 6.97. The molecule has 0 saturated carbocycles. The topological polar surface area (TPSA) is 12.0 Å². The number of halogens is 2. The molecule has 1 heterocycles. The maximum absolute atomic E-state index is 3.32. The lowest BCUT2D eigenvalue weighted by molar-refractivity contribution is 0.764. The molecule has 3 heteroatoms. The molecule has 1 aromatic carbocycles. The predicted octanol–water partition coefficient (Wildman–Crippen LogP) is 2.32. The molecule has 0 radical (unpaired) electrons. The van der Waals surface area contributed by atoms with E-state index < -0.39 is 0 Å². The van der Waals surface area contributed by atoms with Gasteiger partial charge in [-0.2, -0.15) is 0 Å². The molecule has 2 rings (SSSR count). The molecule has 0 unspecified atom stereocenters. The Labute approximate surface area is 86.1 Å². The van der Waals surface area contributed by atoms with Crippen molar-refractivity contribution in [2.45, 2.75) is 13.1 Å². The highest BCUT2D eigenvalue weighted by molar-refractivity contribution is 14.1. The van der Waals surface area contributed by atoms with E-state index in [9.17, 15) is 0 Å². The van der Waals surface area contributed by atoms with E-state index in [4.69, 9.17) is 0 Å². The van der Waals surface area contributed by atoms with Gasteiger partial charge in [0.15, 0.2) is 0 Å². The first-order valence-electron chi connectivity index (χ1n) is 3.35. The van der Waals surface area contributed by atoms with Gasteiger partial charge in [0.1, 0.15) is 0 Å². The molecular formula is C8H9ClIN. The van der Waals surface area contributed by atoms with Gasteiger partial charge in [-0.05, 0) is 39.8 Å². The zero-order valence-corrected chi connectivity index (χ0v) is 8.91. The molecule has 1 N–H and O–H groups in total. The van der Waals surface area contributed by atoms with Crippen molar-refractivity contribution in [2.24, 2.45) is 0 Å². The molecule has 60 valence electrons. The van der Waals surface area contributed by atoms with Crippen LogP contribution in [0.5, 0.6) is 0 Å². The minimum absolute atomic E-state index is 0. The van der Waals surface area contributed by atoms with Crippen LogP contribution in [0.1, 0.15) is 11.1 Å². The van der Waals surface area contributed by atoms with E-state index in [1.807, 2.05) is 0 Å². The summed E-state index contributed by atoms with van der Waals surface area (Å²) < 4.78 is 1.39. The van der Waals surface area contributed by atoms with Crippen LogP contribution in [0.3, 0.4) is 0 Å². The van der Waals surface area contributed by atoms with Crippen molar-refractivity contribution in [1.29, 1.82) is 0 Å². The van der Waals surface area contributed by atoms with Gasteiger partial charge in [0.05, 0.1) is 0 Å². The number of rotatable bonds is 0. The molecule has 1 aliphatic rings. The van der Waals surface area contributed by atoms with Gasteiger partial charge < -0.3 is 5.32 Å². The van der Waals surface area contributed by atoms with Crippen LogP contribution < -0.4 is 5.32 Å². The quantitative estimate of drug-likeness (QED) is 0.720. The van der Waals surface area contributed by atoms with E-state index in [0.717, 1.165) is 13.1 Å². The average Bonchev–Trinajstić information content (AvgIpc) is 2.36. The number of nitrogens with one attached hydrogen (secondary N) is 1. The first-order chi connectivity index (χ1) is 4.88. The summed E-state index contributed by atoms with van der Waals surface area (Å²) in [5.41, 5.74) is 2.95. The summed E-state index contributed by atoms with van der Waals surface area (Å²) in [5, 5.41) is 3.32. The molecule has 0 spiro atoms. The number of hydrogen-bond donors (Lipinski definition) is 1. The molecule has 1 aliphatic heterocycles. The van der Waals surface area contributed by atoms with Crippen LogP contribution in [0.15, 0.2) is 18.2 Å². The monoisotopic (exact) mass is 281 g/mol. The minimum atomic E-state index is 0. The third kappa shape index (κ3) is 1.68. The lowest BCUT2D eigenvalue weighted by Crippen LogP contribution is -2.00. The summed E-state index contributed by atoms with van der Waals surface area (Å²) in [6.07, 6.45) is 0. The summed E-state index contributed by atoms with van der Waals surface area (Å²) in [4.78, 5) is 0. The Kier molecular flexibility index (Phi) is 3.16. The molecule has 1 nitrogen and oxygen atoms in total. The lowest BCUT2D eigenvalue weighted by Gasteiger charge is -1.97. The summed E-state index contributed by atoms with van der Waals surface area (Å²) in [5.74, 6) is 0. The van der Waals surface area contributed by atoms with E-state index in [1.54, 1.807) is 0 Å². The fourth-order valence-corrected chi connectivity index (χ4v) is 2.03. The van der Waals surface area contributed by atoms with Crippen molar-refractivity contribution in [3.63, 3.8) is 0 Å². The van der Waals surface area contributed by atoms with Crippen LogP contribution in [-0.2, 0) is 13.1 Å². The second-order valence-electron chi connectivity index (χ2n) is 2.48. The first-order valence-corrected chi connectivity index (χ1v) is 4.43. The molecule has 1 aromatic rings. The largest absolute Gasteiger partial charge is 0.309 e. The maximum atomic E-state index is 3.32. The van der Waals surface area contributed by atoms with Crippen molar-refractivity contribution < 1.29 is 0 Å². The van der Waals surface area contributed by atoms with Crippen LogP contribution in [-0.4, -0.2) is 0 Å². The standard InChI is InChI=1S/C8H8IN.ClH/c9-8-3-1-2-6-4-10-5-7(6)8;/h1-3,10H,4-5H2;1H. The fourth-order valence-electron chi connectivity index (χ4n) is 1.29. The van der Waals surface area contributed by atoms with Crippen molar-refractivity contribution in [3.05, 3.63) is 32.9 Å². The van der Waals surface area contributed by atoms with E-state index in [0.29, 0.717) is 0 Å². The van der Waals surface area contributed by atoms with E-state index in [-0.39, 0.29) is 12.4 Å². The summed E-state index contributed by atoms with van der Waals surface area (Å²) in [7, 11) is 0. The van der Waals surface area contributed by atoms with E-state index in [2.05, 4.69) is 46.1 Å². The molecule has 0 amide bonds. The molecule has 0 aromatic heterocycles. The highest BCUT2D eigenvalue weighted by Crippen LogP contribution is 2.20. The normalized spacial score (nSPS) is 13.9. The first kappa shape index (κ1) is 9.29. The Hall–Kier alpha value is 0.200. The van der Waals surface area contributed by atoms with Gasteiger partial charge >= 0.3 is 0 Å². The smallest absolute Gasteiger partial charge is 0.0222 e. The van der Waals surface area contributed by atoms with Gasteiger partial charge in [-0.15, -0.1) is 12.4 Å². The Morgan fingerprint density at radius 3 is 2.82 bits per heavy atom. The van der Waals surface area contributed by atoms with Crippen LogP contribution in [0, 0.1) is 3.57 Å². The van der Waals surface area contributed by atoms with Gasteiger partial charge in [0.25, 0.3) is 0 Å². The van der Waals surface area contributed by atoms with Gasteiger partial charge in [-0.3, -0.25) is 0 Å². The SMILES string of the molecule is Cl.Ic1cccc2c1CNC2. The highest BCUT2D eigenvalue weighted by atomic mass is 127. The Bertz CT molecular complexity index is 262. The Balaban J connectivity index is 0.000000605. The molecule has 0 atom stereocenters. The molecule has 0 aliphatic carbocycles. The van der Waals surface area contributed by atoms with E-state index in [1.165, 1.54) is 14.7 Å². The minimum Gasteiger partial charge on any atom is -0.309 e. The summed E-state index contributed by atoms with van der Waals surface area (Å²) >= 11 is 2.39. The Morgan fingerprint density at radius 1 is 1.27 bits per heavy atom.